The molecule has 0 heterocycles. The van der Waals surface area contributed by atoms with E-state index in [0.717, 1.165) is 6.08 Å². The second kappa shape index (κ2) is 12.5. The van der Waals surface area contributed by atoms with Crippen LogP contribution in [0.2, 0.25) is 10.0 Å². The van der Waals surface area contributed by atoms with Gasteiger partial charge in [-0.2, -0.15) is 0 Å². The SMILES string of the molecule is COC(=O)[C@H](Cc1ccc(NC(=O)c2c(Cl)cccc2Cl)cc1)NC(=O)C1=C(C)/C(=C/C(=O)O)CCC1(C)C. The van der Waals surface area contributed by atoms with Crippen molar-refractivity contribution in [3.63, 3.8) is 0 Å². The van der Waals surface area contributed by atoms with Crippen molar-refractivity contribution in [3.05, 3.63) is 86.4 Å². The second-order valence-electron chi connectivity index (χ2n) is 9.89. The monoisotopic (exact) mass is 572 g/mol. The van der Waals surface area contributed by atoms with Gasteiger partial charge in [0.15, 0.2) is 0 Å². The van der Waals surface area contributed by atoms with Crippen LogP contribution in [-0.2, 0) is 25.5 Å². The van der Waals surface area contributed by atoms with Crippen molar-refractivity contribution in [1.29, 1.82) is 0 Å². The Bertz CT molecular complexity index is 1340. The van der Waals surface area contributed by atoms with E-state index in [4.69, 9.17) is 27.9 Å². The van der Waals surface area contributed by atoms with Crippen molar-refractivity contribution in [1.82, 2.24) is 5.32 Å². The van der Waals surface area contributed by atoms with E-state index in [9.17, 15) is 24.3 Å². The third-order valence-corrected chi connectivity index (χ3v) is 7.34. The molecule has 1 aliphatic rings. The lowest BCUT2D eigenvalue weighted by Crippen LogP contribution is -2.46. The summed E-state index contributed by atoms with van der Waals surface area (Å²) >= 11 is 12.2. The van der Waals surface area contributed by atoms with Gasteiger partial charge < -0.3 is 20.5 Å². The minimum Gasteiger partial charge on any atom is -0.478 e. The predicted octanol–water partition coefficient (Wildman–Crippen LogP) is 5.59. The van der Waals surface area contributed by atoms with Crippen molar-refractivity contribution in [2.45, 2.75) is 46.1 Å². The highest BCUT2D eigenvalue weighted by molar-refractivity contribution is 6.40. The molecule has 0 saturated heterocycles. The molecular weight excluding hydrogens is 543 g/mol. The number of carboxylic acid groups (broad SMARTS) is 1. The summed E-state index contributed by atoms with van der Waals surface area (Å²) in [6.07, 6.45) is 2.37. The van der Waals surface area contributed by atoms with E-state index in [1.165, 1.54) is 7.11 Å². The number of methoxy groups -OCH3 is 1. The molecule has 0 aromatic heterocycles. The first-order valence-corrected chi connectivity index (χ1v) is 13.0. The van der Waals surface area contributed by atoms with Crippen LogP contribution in [0.3, 0.4) is 0 Å². The summed E-state index contributed by atoms with van der Waals surface area (Å²) in [6, 6.07) is 10.6. The van der Waals surface area contributed by atoms with E-state index < -0.39 is 35.2 Å². The Morgan fingerprint density at radius 2 is 1.67 bits per heavy atom. The van der Waals surface area contributed by atoms with Gasteiger partial charge in [-0.3, -0.25) is 9.59 Å². The number of nitrogens with one attached hydrogen (secondary N) is 2. The molecule has 2 aromatic rings. The maximum absolute atomic E-state index is 13.4. The Kier molecular flexibility index (Phi) is 9.59. The van der Waals surface area contributed by atoms with Crippen LogP contribution >= 0.6 is 23.2 Å². The molecule has 1 aliphatic carbocycles. The lowest BCUT2D eigenvalue weighted by molar-refractivity contribution is -0.144. The minimum absolute atomic E-state index is 0.132. The molecule has 0 spiro atoms. The van der Waals surface area contributed by atoms with Crippen LogP contribution in [0.1, 0.15) is 49.5 Å². The van der Waals surface area contributed by atoms with Crippen molar-refractivity contribution >= 4 is 52.6 Å². The van der Waals surface area contributed by atoms with Crippen LogP contribution in [0.5, 0.6) is 0 Å². The third-order valence-electron chi connectivity index (χ3n) is 6.71. The number of anilines is 1. The van der Waals surface area contributed by atoms with E-state index in [2.05, 4.69) is 10.6 Å². The second-order valence-corrected chi connectivity index (χ2v) is 10.7. The van der Waals surface area contributed by atoms with Gasteiger partial charge in [-0.05, 0) is 66.2 Å². The molecule has 0 bridgehead atoms. The number of ether oxygens (including phenoxy) is 1. The average Bonchev–Trinajstić information content (AvgIpc) is 2.85. The fraction of sp³-hybridized carbons (Fsp3) is 0.310. The highest BCUT2D eigenvalue weighted by atomic mass is 35.5. The Hall–Kier alpha value is -3.62. The zero-order valence-corrected chi connectivity index (χ0v) is 23.6. The summed E-state index contributed by atoms with van der Waals surface area (Å²) in [5, 5.41) is 15.2. The Labute approximate surface area is 237 Å². The van der Waals surface area contributed by atoms with Crippen molar-refractivity contribution in [3.8, 4) is 0 Å². The Morgan fingerprint density at radius 3 is 2.23 bits per heavy atom. The molecule has 0 unspecified atom stereocenters. The van der Waals surface area contributed by atoms with Crippen LogP contribution in [0, 0.1) is 5.41 Å². The number of carboxylic acids is 1. The summed E-state index contributed by atoms with van der Waals surface area (Å²) in [5.41, 5.74) is 2.45. The third kappa shape index (κ3) is 7.28. The maximum Gasteiger partial charge on any atom is 0.328 e. The topological polar surface area (TPSA) is 122 Å². The standard InChI is InChI=1S/C29H30Cl2N2O6/c1-16-18(15-23(34)35)12-13-29(2,3)25(16)27(37)33-22(28(38)39-4)14-17-8-10-19(11-9-17)32-26(36)24-20(30)6-5-7-21(24)31/h5-11,15,22H,12-14H2,1-4H3,(H,32,36)(H,33,37)(H,34,35)/b18-15+/t22-/m0/s1. The van der Waals surface area contributed by atoms with Crippen molar-refractivity contribution < 1.29 is 29.0 Å². The molecule has 0 radical (unpaired) electrons. The average molecular weight is 573 g/mol. The number of carbonyl (C=O) groups is 4. The van der Waals surface area contributed by atoms with Gasteiger partial charge in [0.2, 0.25) is 5.91 Å². The summed E-state index contributed by atoms with van der Waals surface area (Å²) in [4.78, 5) is 49.9. The van der Waals surface area contributed by atoms with Gasteiger partial charge in [-0.25, -0.2) is 9.59 Å². The van der Waals surface area contributed by atoms with Crippen molar-refractivity contribution in [2.75, 3.05) is 12.4 Å². The van der Waals surface area contributed by atoms with Gasteiger partial charge >= 0.3 is 11.9 Å². The van der Waals surface area contributed by atoms with Crippen LogP contribution in [0.15, 0.2) is 65.3 Å². The molecule has 8 nitrogen and oxygen atoms in total. The molecule has 3 rings (SSSR count). The van der Waals surface area contributed by atoms with E-state index in [1.54, 1.807) is 49.4 Å². The first kappa shape index (κ1) is 29.9. The number of carbonyl (C=O) groups excluding carboxylic acids is 3. The Balaban J connectivity index is 1.78. The molecule has 39 heavy (non-hydrogen) atoms. The quantitative estimate of drug-likeness (QED) is 0.280. The molecule has 2 aromatic carbocycles. The van der Waals surface area contributed by atoms with E-state index in [1.807, 2.05) is 13.8 Å². The molecule has 1 atom stereocenters. The van der Waals surface area contributed by atoms with Crippen LogP contribution < -0.4 is 10.6 Å². The minimum atomic E-state index is -1.08. The number of halogens is 2. The number of allylic oxidation sites excluding steroid dienone is 2. The number of aliphatic carboxylic acids is 1. The zero-order chi connectivity index (χ0) is 28.9. The number of amides is 2. The van der Waals surface area contributed by atoms with E-state index in [0.29, 0.717) is 40.8 Å². The van der Waals surface area contributed by atoms with Crippen molar-refractivity contribution in [2.24, 2.45) is 5.41 Å². The molecule has 3 N–H and O–H groups in total. The van der Waals surface area contributed by atoms with Crippen LogP contribution in [-0.4, -0.2) is 42.0 Å². The fourth-order valence-corrected chi connectivity index (χ4v) is 5.24. The highest BCUT2D eigenvalue weighted by Crippen LogP contribution is 2.42. The van der Waals surface area contributed by atoms with Gasteiger partial charge in [0.1, 0.15) is 6.04 Å². The smallest absolute Gasteiger partial charge is 0.328 e. The molecule has 0 saturated carbocycles. The van der Waals surface area contributed by atoms with Crippen LogP contribution in [0.4, 0.5) is 5.69 Å². The largest absolute Gasteiger partial charge is 0.478 e. The number of esters is 1. The molecular formula is C29H30Cl2N2O6. The highest BCUT2D eigenvalue weighted by Gasteiger charge is 2.36. The summed E-state index contributed by atoms with van der Waals surface area (Å²) in [7, 11) is 1.24. The van der Waals surface area contributed by atoms with Gasteiger partial charge in [0, 0.05) is 23.8 Å². The summed E-state index contributed by atoms with van der Waals surface area (Å²) < 4.78 is 4.93. The lowest BCUT2D eigenvalue weighted by Gasteiger charge is -2.35. The predicted molar refractivity (Wildman–Crippen MR) is 150 cm³/mol. The van der Waals surface area contributed by atoms with Gasteiger partial charge in [-0.15, -0.1) is 0 Å². The molecule has 0 fully saturated rings. The van der Waals surface area contributed by atoms with Gasteiger partial charge in [0.25, 0.3) is 5.91 Å². The van der Waals surface area contributed by atoms with E-state index in [-0.39, 0.29) is 22.0 Å². The lowest BCUT2D eigenvalue weighted by atomic mass is 9.70. The number of rotatable bonds is 8. The number of hydrogen-bond acceptors (Lipinski definition) is 5. The van der Waals surface area contributed by atoms with Gasteiger partial charge in [0.05, 0.1) is 22.7 Å². The zero-order valence-electron chi connectivity index (χ0n) is 22.1. The molecule has 0 aliphatic heterocycles. The normalized spacial score (nSPS) is 16.4. The summed E-state index contributed by atoms with van der Waals surface area (Å²) in [6.45, 7) is 5.55. The Morgan fingerprint density at radius 1 is 1.05 bits per heavy atom. The molecule has 10 heteroatoms. The number of benzene rings is 2. The molecule has 206 valence electrons. The van der Waals surface area contributed by atoms with E-state index >= 15 is 0 Å². The first-order valence-electron chi connectivity index (χ1n) is 12.2. The molecule has 2 amide bonds. The number of hydrogen-bond donors (Lipinski definition) is 3. The van der Waals surface area contributed by atoms with Gasteiger partial charge in [-0.1, -0.05) is 55.2 Å². The maximum atomic E-state index is 13.4. The summed E-state index contributed by atoms with van der Waals surface area (Å²) in [5.74, 6) is -2.62. The fourth-order valence-electron chi connectivity index (χ4n) is 4.67. The van der Waals surface area contributed by atoms with Crippen LogP contribution in [0.25, 0.3) is 0 Å². The first-order chi connectivity index (χ1) is 18.3.